The lowest BCUT2D eigenvalue weighted by atomic mass is 10.0. The number of rotatable bonds is 4. The summed E-state index contributed by atoms with van der Waals surface area (Å²) < 4.78 is 5.68. The van der Waals surface area contributed by atoms with E-state index in [2.05, 4.69) is 0 Å². The number of para-hydroxylation sites is 1. The molecule has 0 amide bonds. The fourth-order valence-electron chi connectivity index (χ4n) is 2.26. The Morgan fingerprint density at radius 2 is 1.70 bits per heavy atom. The summed E-state index contributed by atoms with van der Waals surface area (Å²) in [5.74, 6) is -1.13. The summed E-state index contributed by atoms with van der Waals surface area (Å²) in [6.07, 6.45) is -0.139. The third-order valence-corrected chi connectivity index (χ3v) is 3.26. The molecule has 0 aliphatic carbocycles. The summed E-state index contributed by atoms with van der Waals surface area (Å²) in [6.45, 7) is 0. The first-order chi connectivity index (χ1) is 9.65. The number of carbonyl (C=O) groups is 2. The van der Waals surface area contributed by atoms with E-state index in [1.807, 2.05) is 24.3 Å². The normalized spacial score (nSPS) is 11.0. The highest BCUT2D eigenvalue weighted by Crippen LogP contribution is 2.29. The van der Waals surface area contributed by atoms with E-state index >= 15 is 0 Å². The van der Waals surface area contributed by atoms with Gasteiger partial charge >= 0.3 is 5.97 Å². The second-order valence-corrected chi connectivity index (χ2v) is 4.63. The number of ketones is 1. The lowest BCUT2D eigenvalue weighted by Crippen LogP contribution is -2.03. The number of carbonyl (C=O) groups excluding carboxylic acids is 1. The monoisotopic (exact) mass is 268 g/mol. The molecule has 0 saturated heterocycles. The Bertz CT molecular complexity index is 814. The van der Waals surface area contributed by atoms with Gasteiger partial charge in [0.15, 0.2) is 5.78 Å². The molecular weight excluding hydrogens is 256 g/mol. The Hall–Kier alpha value is -2.62. The molecule has 0 bridgehead atoms. The Morgan fingerprint density at radius 3 is 2.50 bits per heavy atom. The standard InChI is InChI=1S/C16H12O4/c17-13(6-8-16(18)19)10-5-7-15-12(9-10)11-3-1-2-4-14(11)20-15/h1-5,7,9H,6,8H2,(H,18,19). The van der Waals surface area contributed by atoms with Gasteiger partial charge in [0.2, 0.25) is 0 Å². The first kappa shape index (κ1) is 12.4. The summed E-state index contributed by atoms with van der Waals surface area (Å²) >= 11 is 0. The van der Waals surface area contributed by atoms with Crippen molar-refractivity contribution in [1.82, 2.24) is 0 Å². The number of aliphatic carboxylic acids is 1. The van der Waals surface area contributed by atoms with Crippen molar-refractivity contribution in [2.24, 2.45) is 0 Å². The van der Waals surface area contributed by atoms with Gasteiger partial charge in [-0.15, -0.1) is 0 Å². The van der Waals surface area contributed by atoms with Crippen LogP contribution >= 0.6 is 0 Å². The fourth-order valence-corrected chi connectivity index (χ4v) is 2.26. The zero-order valence-electron chi connectivity index (χ0n) is 10.6. The second-order valence-electron chi connectivity index (χ2n) is 4.63. The molecule has 4 nitrogen and oxygen atoms in total. The molecule has 1 aromatic heterocycles. The molecule has 1 N–H and O–H groups in total. The summed E-state index contributed by atoms with van der Waals surface area (Å²) in [6, 6.07) is 12.8. The molecule has 4 heteroatoms. The fraction of sp³-hybridized carbons (Fsp3) is 0.125. The summed E-state index contributed by atoms with van der Waals surface area (Å²) in [5, 5.41) is 10.5. The van der Waals surface area contributed by atoms with Crippen molar-refractivity contribution >= 4 is 33.7 Å². The Labute approximate surface area is 114 Å². The molecular formula is C16H12O4. The number of furan rings is 1. The zero-order chi connectivity index (χ0) is 14.1. The minimum Gasteiger partial charge on any atom is -0.481 e. The number of Topliss-reactive ketones (excluding diaryl/α,β-unsaturated/α-hetero) is 1. The van der Waals surface area contributed by atoms with Crippen molar-refractivity contribution in [3.63, 3.8) is 0 Å². The molecule has 2 aromatic carbocycles. The number of benzene rings is 2. The van der Waals surface area contributed by atoms with Gasteiger partial charge in [-0.1, -0.05) is 18.2 Å². The van der Waals surface area contributed by atoms with Gasteiger partial charge in [-0.3, -0.25) is 9.59 Å². The van der Waals surface area contributed by atoms with Crippen molar-refractivity contribution in [1.29, 1.82) is 0 Å². The van der Waals surface area contributed by atoms with Gasteiger partial charge < -0.3 is 9.52 Å². The van der Waals surface area contributed by atoms with Gasteiger partial charge in [-0.2, -0.15) is 0 Å². The van der Waals surface area contributed by atoms with Crippen molar-refractivity contribution < 1.29 is 19.1 Å². The summed E-state index contributed by atoms with van der Waals surface area (Å²) in [7, 11) is 0. The molecule has 0 atom stereocenters. The van der Waals surface area contributed by atoms with E-state index in [0.29, 0.717) is 5.56 Å². The smallest absolute Gasteiger partial charge is 0.303 e. The number of carboxylic acid groups (broad SMARTS) is 1. The predicted octanol–water partition coefficient (Wildman–Crippen LogP) is 3.63. The first-order valence-electron chi connectivity index (χ1n) is 6.31. The van der Waals surface area contributed by atoms with Crippen molar-refractivity contribution in [2.45, 2.75) is 12.8 Å². The summed E-state index contributed by atoms with van der Waals surface area (Å²) in [4.78, 5) is 22.5. The lowest BCUT2D eigenvalue weighted by molar-refractivity contribution is -0.136. The molecule has 0 saturated carbocycles. The van der Waals surface area contributed by atoms with Crippen LogP contribution in [0.2, 0.25) is 0 Å². The maximum absolute atomic E-state index is 12.0. The molecule has 0 fully saturated rings. The minimum absolute atomic E-state index is 0.0105. The first-order valence-corrected chi connectivity index (χ1v) is 6.31. The molecule has 3 aromatic rings. The van der Waals surface area contributed by atoms with Crippen molar-refractivity contribution in [3.05, 3.63) is 48.0 Å². The molecule has 20 heavy (non-hydrogen) atoms. The topological polar surface area (TPSA) is 67.5 Å². The van der Waals surface area contributed by atoms with Crippen LogP contribution in [0.5, 0.6) is 0 Å². The molecule has 0 aliphatic heterocycles. The molecule has 100 valence electrons. The van der Waals surface area contributed by atoms with Crippen LogP contribution in [0.4, 0.5) is 0 Å². The average Bonchev–Trinajstić information content (AvgIpc) is 2.82. The highest BCUT2D eigenvalue weighted by atomic mass is 16.4. The maximum atomic E-state index is 12.0. The predicted molar refractivity (Wildman–Crippen MR) is 74.9 cm³/mol. The van der Waals surface area contributed by atoms with Crippen LogP contribution in [-0.4, -0.2) is 16.9 Å². The summed E-state index contributed by atoms with van der Waals surface area (Å²) in [5.41, 5.74) is 2.02. The molecule has 3 rings (SSSR count). The van der Waals surface area contributed by atoms with Gasteiger partial charge in [-0.05, 0) is 24.3 Å². The van der Waals surface area contributed by atoms with E-state index in [9.17, 15) is 9.59 Å². The van der Waals surface area contributed by atoms with Crippen LogP contribution in [-0.2, 0) is 4.79 Å². The van der Waals surface area contributed by atoms with E-state index in [4.69, 9.17) is 9.52 Å². The third kappa shape index (κ3) is 2.16. The van der Waals surface area contributed by atoms with Crippen LogP contribution in [0.3, 0.4) is 0 Å². The highest BCUT2D eigenvalue weighted by Gasteiger charge is 2.12. The molecule has 0 aliphatic rings. The van der Waals surface area contributed by atoms with Crippen LogP contribution in [0.25, 0.3) is 21.9 Å². The van der Waals surface area contributed by atoms with Crippen LogP contribution in [0.1, 0.15) is 23.2 Å². The molecule has 1 heterocycles. The number of hydrogen-bond donors (Lipinski definition) is 1. The van der Waals surface area contributed by atoms with Gasteiger partial charge in [0.25, 0.3) is 0 Å². The largest absolute Gasteiger partial charge is 0.481 e. The van der Waals surface area contributed by atoms with E-state index in [1.165, 1.54) is 0 Å². The second kappa shape index (κ2) is 4.81. The molecule has 0 unspecified atom stereocenters. The average molecular weight is 268 g/mol. The van der Waals surface area contributed by atoms with Crippen LogP contribution in [0.15, 0.2) is 46.9 Å². The quantitative estimate of drug-likeness (QED) is 0.733. The molecule has 0 spiro atoms. The van der Waals surface area contributed by atoms with Gasteiger partial charge in [-0.25, -0.2) is 0 Å². The van der Waals surface area contributed by atoms with Gasteiger partial charge in [0.1, 0.15) is 11.2 Å². The van der Waals surface area contributed by atoms with Gasteiger partial charge in [0, 0.05) is 22.8 Å². The van der Waals surface area contributed by atoms with Crippen molar-refractivity contribution in [2.75, 3.05) is 0 Å². The van der Waals surface area contributed by atoms with E-state index in [0.717, 1.165) is 21.9 Å². The number of hydrogen-bond acceptors (Lipinski definition) is 3. The third-order valence-electron chi connectivity index (χ3n) is 3.26. The van der Waals surface area contributed by atoms with E-state index in [1.54, 1.807) is 18.2 Å². The molecule has 0 radical (unpaired) electrons. The Morgan fingerprint density at radius 1 is 0.950 bits per heavy atom. The lowest BCUT2D eigenvalue weighted by Gasteiger charge is -1.99. The zero-order valence-corrected chi connectivity index (χ0v) is 10.6. The number of fused-ring (bicyclic) bond motifs is 3. The van der Waals surface area contributed by atoms with Crippen LogP contribution in [0, 0.1) is 0 Å². The van der Waals surface area contributed by atoms with Gasteiger partial charge in [0.05, 0.1) is 6.42 Å². The Kier molecular flexibility index (Phi) is 2.99. The van der Waals surface area contributed by atoms with Crippen LogP contribution < -0.4 is 0 Å². The maximum Gasteiger partial charge on any atom is 0.303 e. The van der Waals surface area contributed by atoms with E-state index < -0.39 is 5.97 Å². The highest BCUT2D eigenvalue weighted by molar-refractivity contribution is 6.08. The number of carboxylic acids is 1. The SMILES string of the molecule is O=C(O)CCC(=O)c1ccc2oc3ccccc3c2c1. The Balaban J connectivity index is 2.03. The minimum atomic E-state index is -0.965. The van der Waals surface area contributed by atoms with E-state index in [-0.39, 0.29) is 18.6 Å². The van der Waals surface area contributed by atoms with Crippen molar-refractivity contribution in [3.8, 4) is 0 Å².